The number of benzene rings is 1. The molecule has 0 aromatic heterocycles. The molecule has 17 heavy (non-hydrogen) atoms. The van der Waals surface area contributed by atoms with Crippen LogP contribution >= 0.6 is 0 Å². The molecule has 1 aromatic carbocycles. The van der Waals surface area contributed by atoms with Crippen molar-refractivity contribution in [2.24, 2.45) is 10.7 Å². The number of hydrogen-bond donors (Lipinski definition) is 3. The monoisotopic (exact) mass is 235 g/mol. The summed E-state index contributed by atoms with van der Waals surface area (Å²) >= 11 is 0. The first-order valence-corrected chi connectivity index (χ1v) is 6.06. The van der Waals surface area contributed by atoms with Gasteiger partial charge in [-0.1, -0.05) is 31.0 Å². The minimum absolute atomic E-state index is 0.279. The van der Waals surface area contributed by atoms with Gasteiger partial charge >= 0.3 is 0 Å². The summed E-state index contributed by atoms with van der Waals surface area (Å²) in [6, 6.07) is 9.75. The van der Waals surface area contributed by atoms with E-state index in [0.29, 0.717) is 5.96 Å². The third-order valence-corrected chi connectivity index (χ3v) is 2.39. The van der Waals surface area contributed by atoms with Gasteiger partial charge in [-0.2, -0.15) is 0 Å². The highest BCUT2D eigenvalue weighted by Gasteiger charge is 1.93. The molecule has 0 saturated heterocycles. The van der Waals surface area contributed by atoms with Gasteiger partial charge in [0.2, 0.25) is 0 Å². The fourth-order valence-corrected chi connectivity index (χ4v) is 1.49. The van der Waals surface area contributed by atoms with Gasteiger partial charge in [-0.3, -0.25) is 4.99 Å². The Labute approximate surface area is 103 Å². The molecule has 0 fully saturated rings. The summed E-state index contributed by atoms with van der Waals surface area (Å²) < 4.78 is 0. The van der Waals surface area contributed by atoms with Crippen LogP contribution in [0.4, 0.5) is 5.69 Å². The van der Waals surface area contributed by atoms with Crippen LogP contribution in [0.5, 0.6) is 0 Å². The van der Waals surface area contributed by atoms with Crippen molar-refractivity contribution in [3.8, 4) is 0 Å². The third kappa shape index (κ3) is 6.58. The predicted molar refractivity (Wildman–Crippen MR) is 72.1 cm³/mol. The molecule has 1 rings (SSSR count). The standard InChI is InChI=1S/C13H21N3O/c14-13(15-10-6-1-2-7-11-17)16-12-8-4-3-5-9-12/h3-5,8-9,17H,1-2,6-7,10-11H2,(H3,14,15,16). The zero-order valence-electron chi connectivity index (χ0n) is 10.1. The van der Waals surface area contributed by atoms with Crippen LogP contribution in [-0.4, -0.2) is 24.2 Å². The lowest BCUT2D eigenvalue weighted by Crippen LogP contribution is -2.22. The van der Waals surface area contributed by atoms with Crippen LogP contribution in [0.1, 0.15) is 25.7 Å². The number of nitrogens with zero attached hydrogens (tertiary/aromatic N) is 1. The van der Waals surface area contributed by atoms with E-state index in [0.717, 1.165) is 37.9 Å². The maximum Gasteiger partial charge on any atom is 0.193 e. The van der Waals surface area contributed by atoms with Crippen LogP contribution < -0.4 is 11.1 Å². The number of aliphatic hydroxyl groups excluding tert-OH is 1. The summed E-state index contributed by atoms with van der Waals surface area (Å²) in [5.41, 5.74) is 6.70. The molecule has 4 N–H and O–H groups in total. The highest BCUT2D eigenvalue weighted by Crippen LogP contribution is 2.04. The molecule has 94 valence electrons. The highest BCUT2D eigenvalue weighted by molar-refractivity contribution is 5.92. The Balaban J connectivity index is 2.17. The van der Waals surface area contributed by atoms with Crippen LogP contribution in [0.2, 0.25) is 0 Å². The number of para-hydroxylation sites is 1. The second-order valence-corrected chi connectivity index (χ2v) is 3.90. The molecular formula is C13H21N3O. The third-order valence-electron chi connectivity index (χ3n) is 2.39. The number of hydrogen-bond acceptors (Lipinski definition) is 2. The van der Waals surface area contributed by atoms with E-state index in [9.17, 15) is 0 Å². The van der Waals surface area contributed by atoms with Crippen LogP contribution in [-0.2, 0) is 0 Å². The van der Waals surface area contributed by atoms with Gasteiger partial charge in [0.05, 0.1) is 0 Å². The molecule has 0 aliphatic heterocycles. The molecule has 0 heterocycles. The van der Waals surface area contributed by atoms with Crippen molar-refractivity contribution in [1.82, 2.24) is 0 Å². The molecule has 0 amide bonds. The summed E-state index contributed by atoms with van der Waals surface area (Å²) in [5, 5.41) is 11.6. The van der Waals surface area contributed by atoms with Gasteiger partial charge in [0.15, 0.2) is 5.96 Å². The van der Waals surface area contributed by atoms with Gasteiger partial charge in [-0.15, -0.1) is 0 Å². The molecule has 0 bridgehead atoms. The molecule has 0 saturated carbocycles. The van der Waals surface area contributed by atoms with Crippen LogP contribution in [0.15, 0.2) is 35.3 Å². The maximum absolute atomic E-state index is 8.62. The Morgan fingerprint density at radius 1 is 1.12 bits per heavy atom. The molecule has 0 radical (unpaired) electrons. The largest absolute Gasteiger partial charge is 0.396 e. The minimum atomic E-state index is 0.279. The van der Waals surface area contributed by atoms with Gasteiger partial charge in [0.1, 0.15) is 0 Å². The van der Waals surface area contributed by atoms with Crippen LogP contribution in [0.25, 0.3) is 0 Å². The first-order valence-electron chi connectivity index (χ1n) is 6.06. The lowest BCUT2D eigenvalue weighted by molar-refractivity contribution is 0.282. The summed E-state index contributed by atoms with van der Waals surface area (Å²) in [4.78, 5) is 4.24. The summed E-state index contributed by atoms with van der Waals surface area (Å²) in [5.74, 6) is 0.457. The van der Waals surface area contributed by atoms with E-state index in [1.807, 2.05) is 30.3 Å². The smallest absolute Gasteiger partial charge is 0.193 e. The van der Waals surface area contributed by atoms with E-state index in [1.54, 1.807) is 0 Å². The lowest BCUT2D eigenvalue weighted by Gasteiger charge is -2.04. The Kier molecular flexibility index (Phi) is 6.82. The zero-order valence-corrected chi connectivity index (χ0v) is 10.1. The Hall–Kier alpha value is -1.55. The number of aliphatic imine (C=N–C) groups is 1. The first-order chi connectivity index (χ1) is 8.33. The molecule has 4 nitrogen and oxygen atoms in total. The molecule has 0 aliphatic rings. The Morgan fingerprint density at radius 3 is 2.53 bits per heavy atom. The van der Waals surface area contributed by atoms with Crippen LogP contribution in [0.3, 0.4) is 0 Å². The van der Waals surface area contributed by atoms with Crippen molar-refractivity contribution in [3.05, 3.63) is 30.3 Å². The quantitative estimate of drug-likeness (QED) is 0.384. The summed E-state index contributed by atoms with van der Waals surface area (Å²) in [6.45, 7) is 1.01. The lowest BCUT2D eigenvalue weighted by atomic mass is 10.2. The number of nitrogens with two attached hydrogens (primary N) is 1. The Bertz CT molecular complexity index is 325. The predicted octanol–water partition coefficient (Wildman–Crippen LogP) is 1.97. The van der Waals surface area contributed by atoms with Gasteiger partial charge < -0.3 is 16.2 Å². The van der Waals surface area contributed by atoms with Crippen molar-refractivity contribution < 1.29 is 5.11 Å². The average Bonchev–Trinajstić information content (AvgIpc) is 2.35. The second kappa shape index (κ2) is 8.58. The van der Waals surface area contributed by atoms with Crippen molar-refractivity contribution in [3.63, 3.8) is 0 Å². The normalized spacial score (nSPS) is 11.5. The summed E-state index contributed by atoms with van der Waals surface area (Å²) in [6.07, 6.45) is 4.03. The maximum atomic E-state index is 8.62. The molecular weight excluding hydrogens is 214 g/mol. The van der Waals surface area contributed by atoms with Gasteiger partial charge in [0.25, 0.3) is 0 Å². The van der Waals surface area contributed by atoms with Crippen LogP contribution in [0, 0.1) is 0 Å². The molecule has 0 unspecified atom stereocenters. The number of anilines is 1. The number of guanidine groups is 1. The molecule has 1 aromatic rings. The van der Waals surface area contributed by atoms with Gasteiger partial charge in [-0.25, -0.2) is 0 Å². The number of aliphatic hydroxyl groups is 1. The van der Waals surface area contributed by atoms with E-state index >= 15 is 0 Å². The average molecular weight is 235 g/mol. The topological polar surface area (TPSA) is 70.6 Å². The fraction of sp³-hybridized carbons (Fsp3) is 0.462. The number of unbranched alkanes of at least 4 members (excludes halogenated alkanes) is 3. The molecule has 4 heteroatoms. The van der Waals surface area contributed by atoms with E-state index in [-0.39, 0.29) is 6.61 Å². The van der Waals surface area contributed by atoms with Crippen molar-refractivity contribution >= 4 is 11.6 Å². The van der Waals surface area contributed by atoms with E-state index in [1.165, 1.54) is 0 Å². The van der Waals surface area contributed by atoms with E-state index < -0.39 is 0 Å². The number of nitrogens with one attached hydrogen (secondary N) is 1. The molecule has 0 aliphatic carbocycles. The van der Waals surface area contributed by atoms with Crippen molar-refractivity contribution in [1.29, 1.82) is 0 Å². The minimum Gasteiger partial charge on any atom is -0.396 e. The Morgan fingerprint density at radius 2 is 1.82 bits per heavy atom. The van der Waals surface area contributed by atoms with Crippen molar-refractivity contribution in [2.75, 3.05) is 18.5 Å². The summed E-state index contributed by atoms with van der Waals surface area (Å²) in [7, 11) is 0. The first kappa shape index (κ1) is 13.5. The van der Waals surface area contributed by atoms with Gasteiger partial charge in [-0.05, 0) is 25.0 Å². The highest BCUT2D eigenvalue weighted by atomic mass is 16.2. The second-order valence-electron chi connectivity index (χ2n) is 3.90. The van der Waals surface area contributed by atoms with E-state index in [2.05, 4.69) is 10.3 Å². The molecule has 0 atom stereocenters. The fourth-order valence-electron chi connectivity index (χ4n) is 1.49. The number of rotatable bonds is 7. The molecule has 0 spiro atoms. The van der Waals surface area contributed by atoms with Crippen molar-refractivity contribution in [2.45, 2.75) is 25.7 Å². The van der Waals surface area contributed by atoms with Gasteiger partial charge in [0, 0.05) is 18.8 Å². The SMILES string of the molecule is NC(=NCCCCCCO)Nc1ccccc1. The van der Waals surface area contributed by atoms with E-state index in [4.69, 9.17) is 10.8 Å². The zero-order chi connectivity index (χ0) is 12.3.